The van der Waals surface area contributed by atoms with Crippen LogP contribution in [-0.4, -0.2) is 36.1 Å². The largest absolute Gasteiger partial charge is 0.460 e. The fourth-order valence-corrected chi connectivity index (χ4v) is 3.93. The molecule has 3 heteroatoms. The normalized spacial score (nSPS) is 23.2. The Morgan fingerprint density at radius 1 is 1.23 bits per heavy atom. The average molecular weight is 305 g/mol. The topological polar surface area (TPSA) is 29.5 Å². The van der Waals surface area contributed by atoms with Crippen LogP contribution in [0, 0.1) is 23.7 Å². The smallest absolute Gasteiger partial charge is 0.306 e. The minimum atomic E-state index is -0.364. The monoisotopic (exact) mass is 305 g/mol. The van der Waals surface area contributed by atoms with Crippen molar-refractivity contribution in [2.75, 3.05) is 19.6 Å². The second kappa shape index (κ2) is 7.04. The van der Waals surface area contributed by atoms with Crippen molar-refractivity contribution < 1.29 is 9.53 Å². The number of terminal acetylenes is 1. The summed E-state index contributed by atoms with van der Waals surface area (Å²) in [6, 6.07) is 0. The number of carbonyl (C=O) groups excluding carboxylic acids is 1. The molecule has 3 nitrogen and oxygen atoms in total. The van der Waals surface area contributed by atoms with Gasteiger partial charge in [-0.2, -0.15) is 0 Å². The van der Waals surface area contributed by atoms with Crippen molar-refractivity contribution in [3.63, 3.8) is 0 Å². The van der Waals surface area contributed by atoms with Gasteiger partial charge in [-0.05, 0) is 83.7 Å². The van der Waals surface area contributed by atoms with Crippen LogP contribution in [0.3, 0.4) is 0 Å². The highest BCUT2D eigenvalue weighted by atomic mass is 16.6. The van der Waals surface area contributed by atoms with Gasteiger partial charge in [0.25, 0.3) is 0 Å². The summed E-state index contributed by atoms with van der Waals surface area (Å²) in [7, 11) is 0. The first-order valence-corrected chi connectivity index (χ1v) is 8.70. The number of nitrogens with zero attached hydrogens (tertiary/aromatic N) is 1. The zero-order chi connectivity index (χ0) is 16.2. The van der Waals surface area contributed by atoms with Crippen LogP contribution in [0.2, 0.25) is 0 Å². The van der Waals surface area contributed by atoms with Gasteiger partial charge >= 0.3 is 5.97 Å². The Balaban J connectivity index is 1.74. The summed E-state index contributed by atoms with van der Waals surface area (Å²) in [5.41, 5.74) is 0.159. The number of hydrogen-bond donors (Lipinski definition) is 0. The number of likely N-dealkylation sites (tertiary alicyclic amines) is 1. The Labute approximate surface area is 135 Å². The van der Waals surface area contributed by atoms with Gasteiger partial charge in [0.15, 0.2) is 0 Å². The summed E-state index contributed by atoms with van der Waals surface area (Å²) >= 11 is 0. The molecule has 0 bridgehead atoms. The molecule has 0 aromatic carbocycles. The zero-order valence-electron chi connectivity index (χ0n) is 14.5. The summed E-state index contributed by atoms with van der Waals surface area (Å²) in [4.78, 5) is 14.3. The number of piperidine rings is 1. The van der Waals surface area contributed by atoms with Crippen molar-refractivity contribution in [2.45, 2.75) is 71.3 Å². The molecule has 2 aliphatic rings. The predicted octanol–water partition coefficient (Wildman–Crippen LogP) is 3.62. The van der Waals surface area contributed by atoms with Crippen LogP contribution in [0.15, 0.2) is 0 Å². The summed E-state index contributed by atoms with van der Waals surface area (Å²) in [6.45, 7) is 8.87. The van der Waals surface area contributed by atoms with Crippen LogP contribution in [0.1, 0.15) is 65.7 Å². The third kappa shape index (κ3) is 5.02. The number of rotatable bonds is 3. The molecule has 2 fully saturated rings. The average Bonchev–Trinajstić information content (AvgIpc) is 2.43. The fraction of sp³-hybridized carbons (Fsp3) is 0.842. The molecule has 1 aliphatic carbocycles. The summed E-state index contributed by atoms with van der Waals surface area (Å²) in [5, 5.41) is 0. The van der Waals surface area contributed by atoms with E-state index in [1.54, 1.807) is 0 Å². The van der Waals surface area contributed by atoms with Crippen LogP contribution >= 0.6 is 0 Å². The van der Waals surface area contributed by atoms with Crippen LogP contribution in [0.5, 0.6) is 0 Å². The first-order chi connectivity index (χ1) is 10.3. The van der Waals surface area contributed by atoms with Gasteiger partial charge in [-0.15, -0.1) is 6.42 Å². The maximum absolute atomic E-state index is 12.0. The lowest BCUT2D eigenvalue weighted by Gasteiger charge is -2.45. The fourth-order valence-electron chi connectivity index (χ4n) is 3.93. The van der Waals surface area contributed by atoms with Crippen LogP contribution in [0.4, 0.5) is 0 Å². The molecule has 2 rings (SSSR count). The molecule has 0 amide bonds. The molecule has 1 heterocycles. The molecule has 0 unspecified atom stereocenters. The van der Waals surface area contributed by atoms with Gasteiger partial charge in [0.1, 0.15) is 5.60 Å². The minimum absolute atomic E-state index is 0.0303. The van der Waals surface area contributed by atoms with Crippen LogP contribution < -0.4 is 0 Å². The second-order valence-corrected chi connectivity index (χ2v) is 8.21. The molecule has 0 atom stereocenters. The maximum atomic E-state index is 12.0. The molecular weight excluding hydrogens is 274 g/mol. The van der Waals surface area contributed by atoms with E-state index in [-0.39, 0.29) is 11.6 Å². The number of ether oxygens (including phenoxy) is 1. The summed E-state index contributed by atoms with van der Waals surface area (Å²) in [5.74, 6) is 3.24. The molecule has 1 saturated carbocycles. The Hall–Kier alpha value is -1.01. The molecule has 0 aromatic heterocycles. The molecule has 1 aliphatic heterocycles. The van der Waals surface area contributed by atoms with Gasteiger partial charge in [-0.1, -0.05) is 5.92 Å². The summed E-state index contributed by atoms with van der Waals surface area (Å²) in [6.07, 6.45) is 13.4. The van der Waals surface area contributed by atoms with Crippen LogP contribution in [0.25, 0.3) is 0 Å². The third-order valence-corrected chi connectivity index (χ3v) is 5.27. The van der Waals surface area contributed by atoms with Crippen molar-refractivity contribution in [1.82, 2.24) is 4.90 Å². The van der Waals surface area contributed by atoms with Crippen molar-refractivity contribution in [2.24, 2.45) is 11.3 Å². The van der Waals surface area contributed by atoms with Gasteiger partial charge in [-0.3, -0.25) is 9.69 Å². The maximum Gasteiger partial charge on any atom is 0.306 e. The van der Waals surface area contributed by atoms with Gasteiger partial charge in [0, 0.05) is 6.42 Å². The lowest BCUT2D eigenvalue weighted by Crippen LogP contribution is -2.42. The van der Waals surface area contributed by atoms with Gasteiger partial charge in [0.2, 0.25) is 0 Å². The lowest BCUT2D eigenvalue weighted by molar-refractivity contribution is -0.156. The highest BCUT2D eigenvalue weighted by molar-refractivity contribution is 5.70. The SMILES string of the molecule is C#CCN1CCC2(CCC(CC(=O)OC(C)(C)C)CC2)CC1. The molecule has 0 radical (unpaired) electrons. The van der Waals surface area contributed by atoms with Crippen molar-refractivity contribution in [3.8, 4) is 12.3 Å². The van der Waals surface area contributed by atoms with Crippen molar-refractivity contribution >= 4 is 5.97 Å². The van der Waals surface area contributed by atoms with E-state index in [2.05, 4.69) is 10.8 Å². The van der Waals surface area contributed by atoms with E-state index < -0.39 is 0 Å². The minimum Gasteiger partial charge on any atom is -0.460 e. The van der Waals surface area contributed by atoms with E-state index in [1.165, 1.54) is 38.5 Å². The van der Waals surface area contributed by atoms with E-state index >= 15 is 0 Å². The first-order valence-electron chi connectivity index (χ1n) is 8.70. The third-order valence-electron chi connectivity index (χ3n) is 5.27. The molecule has 1 spiro atoms. The Bertz CT molecular complexity index is 412. The van der Waals surface area contributed by atoms with E-state index in [4.69, 9.17) is 11.2 Å². The van der Waals surface area contributed by atoms with Gasteiger partial charge in [-0.25, -0.2) is 0 Å². The molecule has 0 N–H and O–H groups in total. The zero-order valence-corrected chi connectivity index (χ0v) is 14.5. The molecular formula is C19H31NO2. The predicted molar refractivity (Wildman–Crippen MR) is 89.4 cm³/mol. The van der Waals surface area contributed by atoms with E-state index in [1.807, 2.05) is 20.8 Å². The second-order valence-electron chi connectivity index (χ2n) is 8.21. The molecule has 22 heavy (non-hydrogen) atoms. The Morgan fingerprint density at radius 2 is 1.82 bits per heavy atom. The molecule has 124 valence electrons. The first kappa shape index (κ1) is 17.3. The number of esters is 1. The number of carbonyl (C=O) groups is 1. The molecule has 1 saturated heterocycles. The van der Waals surface area contributed by atoms with Gasteiger partial charge < -0.3 is 4.74 Å². The highest BCUT2D eigenvalue weighted by Crippen LogP contribution is 2.47. The Morgan fingerprint density at radius 3 is 2.32 bits per heavy atom. The van der Waals surface area contributed by atoms with Gasteiger partial charge in [0.05, 0.1) is 6.54 Å². The number of hydrogen-bond acceptors (Lipinski definition) is 3. The van der Waals surface area contributed by atoms with Crippen molar-refractivity contribution in [1.29, 1.82) is 0 Å². The quantitative estimate of drug-likeness (QED) is 0.589. The van der Waals surface area contributed by atoms with Crippen molar-refractivity contribution in [3.05, 3.63) is 0 Å². The van der Waals surface area contributed by atoms with Crippen LogP contribution in [-0.2, 0) is 9.53 Å². The van der Waals surface area contributed by atoms with E-state index in [0.717, 1.165) is 19.6 Å². The van der Waals surface area contributed by atoms with E-state index in [9.17, 15) is 4.79 Å². The van der Waals surface area contributed by atoms with E-state index in [0.29, 0.717) is 17.8 Å². The summed E-state index contributed by atoms with van der Waals surface area (Å²) < 4.78 is 5.45. The highest BCUT2D eigenvalue weighted by Gasteiger charge is 2.38. The molecule has 0 aromatic rings. The standard InChI is InChI=1S/C19H31NO2/c1-5-12-20-13-10-19(11-14-20)8-6-16(7-9-19)15-17(21)22-18(2,3)4/h1,16H,6-15H2,2-4H3. The Kier molecular flexibility index (Phi) is 5.55. The lowest BCUT2D eigenvalue weighted by atomic mass is 9.65.